The maximum atomic E-state index is 9.27. The zero-order valence-electron chi connectivity index (χ0n) is 3.53. The number of hydrogen-bond acceptors (Lipinski definition) is 5. The van der Waals surface area contributed by atoms with Gasteiger partial charge in [0.15, 0.2) is 0 Å². The summed E-state index contributed by atoms with van der Waals surface area (Å²) in [5.74, 6) is 0.234. The first-order valence-electron chi connectivity index (χ1n) is 1.57. The molecule has 0 aromatic heterocycles. The van der Waals surface area contributed by atoms with Crippen molar-refractivity contribution in [3.05, 3.63) is 9.81 Å². The van der Waals surface area contributed by atoms with E-state index >= 15 is 0 Å². The van der Waals surface area contributed by atoms with E-state index in [1.165, 1.54) is 0 Å². The lowest BCUT2D eigenvalue weighted by Crippen LogP contribution is -1.69. The predicted molar refractivity (Wildman–Crippen MR) is 28.9 cm³/mol. The maximum absolute atomic E-state index is 9.27. The average molecular weight is 120 g/mol. The van der Waals surface area contributed by atoms with Gasteiger partial charge in [0.1, 0.15) is 11.8 Å². The molecule has 7 heavy (non-hydrogen) atoms. The van der Waals surface area contributed by atoms with Gasteiger partial charge in [-0.2, -0.15) is 0 Å². The van der Waals surface area contributed by atoms with E-state index in [4.69, 9.17) is 0 Å². The van der Waals surface area contributed by atoms with Crippen LogP contribution in [0.15, 0.2) is 10.4 Å². The van der Waals surface area contributed by atoms with Crippen molar-refractivity contribution in [3.8, 4) is 0 Å². The minimum atomic E-state index is 0.117. The van der Waals surface area contributed by atoms with Crippen molar-refractivity contribution >= 4 is 11.8 Å². The fourth-order valence-electron chi connectivity index (χ4n) is 0.115. The van der Waals surface area contributed by atoms with Gasteiger partial charge >= 0.3 is 0 Å². The standard InChI is InChI=1S/C2H4N2O2S/c5-3-1-7-2-4-6/h1-2H2. The van der Waals surface area contributed by atoms with Crippen LogP contribution in [0.4, 0.5) is 0 Å². The van der Waals surface area contributed by atoms with E-state index in [1.807, 2.05) is 0 Å². The lowest BCUT2D eigenvalue weighted by Gasteiger charge is -1.78. The molecule has 0 aliphatic carbocycles. The molecular formula is C2H4N2O2S. The summed E-state index contributed by atoms with van der Waals surface area (Å²) in [5.41, 5.74) is 0. The SMILES string of the molecule is O=NCSCN=O. The summed E-state index contributed by atoms with van der Waals surface area (Å²) in [6, 6.07) is 0. The summed E-state index contributed by atoms with van der Waals surface area (Å²) in [7, 11) is 0. The van der Waals surface area contributed by atoms with E-state index in [0.29, 0.717) is 0 Å². The Morgan fingerprint density at radius 2 is 1.57 bits per heavy atom. The molecule has 0 saturated carbocycles. The van der Waals surface area contributed by atoms with Gasteiger partial charge in [0, 0.05) is 0 Å². The van der Waals surface area contributed by atoms with Crippen molar-refractivity contribution < 1.29 is 0 Å². The van der Waals surface area contributed by atoms with Crippen molar-refractivity contribution in [1.29, 1.82) is 0 Å². The third-order valence-corrected chi connectivity index (χ3v) is 0.864. The molecule has 0 aromatic carbocycles. The fourth-order valence-corrected chi connectivity index (χ4v) is 0.346. The number of nitroso groups, excluding NO2 is 2. The Morgan fingerprint density at radius 3 is 1.86 bits per heavy atom. The zero-order chi connectivity index (χ0) is 5.54. The van der Waals surface area contributed by atoms with Crippen LogP contribution < -0.4 is 0 Å². The first-order valence-corrected chi connectivity index (χ1v) is 2.73. The average Bonchev–Trinajstić information content (AvgIpc) is 1.69. The van der Waals surface area contributed by atoms with Crippen molar-refractivity contribution in [2.24, 2.45) is 10.4 Å². The Balaban J connectivity index is 2.68. The largest absolute Gasteiger partial charge is 0.150 e. The number of thioether (sulfide) groups is 1. The smallest absolute Gasteiger partial charge is 0.128 e. The van der Waals surface area contributed by atoms with Gasteiger partial charge in [0.25, 0.3) is 0 Å². The summed E-state index contributed by atoms with van der Waals surface area (Å²) in [6.07, 6.45) is 0. The number of nitrogens with zero attached hydrogens (tertiary/aromatic N) is 2. The van der Waals surface area contributed by atoms with Gasteiger partial charge in [0.05, 0.1) is 0 Å². The first kappa shape index (κ1) is 6.55. The van der Waals surface area contributed by atoms with Gasteiger partial charge in [-0.25, -0.2) is 0 Å². The summed E-state index contributed by atoms with van der Waals surface area (Å²) in [5, 5.41) is 4.97. The molecule has 0 atom stereocenters. The van der Waals surface area contributed by atoms with E-state index in [2.05, 4.69) is 10.4 Å². The van der Waals surface area contributed by atoms with E-state index in [9.17, 15) is 9.81 Å². The first-order chi connectivity index (χ1) is 3.41. The quantitative estimate of drug-likeness (QED) is 0.413. The van der Waals surface area contributed by atoms with Gasteiger partial charge in [-0.3, -0.25) is 0 Å². The van der Waals surface area contributed by atoms with Crippen LogP contribution in [0.5, 0.6) is 0 Å². The second-order valence-electron chi connectivity index (χ2n) is 0.721. The second-order valence-corrected chi connectivity index (χ2v) is 1.65. The molecule has 40 valence electrons. The van der Waals surface area contributed by atoms with Crippen LogP contribution in [-0.4, -0.2) is 11.8 Å². The fraction of sp³-hybridized carbons (Fsp3) is 1.00. The Kier molecular flexibility index (Phi) is 5.19. The van der Waals surface area contributed by atoms with E-state index in [1.54, 1.807) is 0 Å². The molecule has 0 unspecified atom stereocenters. The molecule has 0 rings (SSSR count). The van der Waals surface area contributed by atoms with Gasteiger partial charge < -0.3 is 0 Å². The Hall–Kier alpha value is -0.450. The summed E-state index contributed by atoms with van der Waals surface area (Å²) in [6.45, 7) is 0. The third-order valence-electron chi connectivity index (χ3n) is 0.288. The molecule has 0 spiro atoms. The van der Waals surface area contributed by atoms with Crippen LogP contribution in [0.3, 0.4) is 0 Å². The molecule has 0 fully saturated rings. The number of hydrogen-bond donors (Lipinski definition) is 0. The molecular weight excluding hydrogens is 116 g/mol. The van der Waals surface area contributed by atoms with Gasteiger partial charge in [-0.1, -0.05) is 10.4 Å². The molecule has 0 aliphatic heterocycles. The monoisotopic (exact) mass is 120 g/mol. The van der Waals surface area contributed by atoms with Crippen LogP contribution in [0.25, 0.3) is 0 Å². The minimum Gasteiger partial charge on any atom is -0.150 e. The van der Waals surface area contributed by atoms with Crippen molar-refractivity contribution in [1.82, 2.24) is 0 Å². The topological polar surface area (TPSA) is 58.9 Å². The predicted octanol–water partition coefficient (Wildman–Crippen LogP) is 1.17. The highest BCUT2D eigenvalue weighted by atomic mass is 32.2. The van der Waals surface area contributed by atoms with E-state index in [-0.39, 0.29) is 11.8 Å². The van der Waals surface area contributed by atoms with Crippen molar-refractivity contribution in [2.45, 2.75) is 0 Å². The van der Waals surface area contributed by atoms with Crippen LogP contribution in [0.2, 0.25) is 0 Å². The molecule has 5 heteroatoms. The molecule has 0 N–H and O–H groups in total. The van der Waals surface area contributed by atoms with Gasteiger partial charge in [-0.15, -0.1) is 21.6 Å². The minimum absolute atomic E-state index is 0.117. The van der Waals surface area contributed by atoms with Gasteiger partial charge in [-0.05, 0) is 0 Å². The second kappa shape index (κ2) is 5.55. The highest BCUT2D eigenvalue weighted by molar-refractivity contribution is 7.99. The van der Waals surface area contributed by atoms with Crippen molar-refractivity contribution in [3.63, 3.8) is 0 Å². The van der Waals surface area contributed by atoms with Crippen LogP contribution in [0, 0.1) is 9.81 Å². The molecule has 0 heterocycles. The van der Waals surface area contributed by atoms with Crippen molar-refractivity contribution in [2.75, 3.05) is 11.8 Å². The molecule has 0 bridgehead atoms. The van der Waals surface area contributed by atoms with Gasteiger partial charge in [0.2, 0.25) is 0 Å². The Morgan fingerprint density at radius 1 is 1.14 bits per heavy atom. The Labute approximate surface area is 44.6 Å². The normalized spacial score (nSPS) is 8.00. The van der Waals surface area contributed by atoms with E-state index < -0.39 is 0 Å². The lowest BCUT2D eigenvalue weighted by atomic mass is 11.5. The molecule has 0 amide bonds. The van der Waals surface area contributed by atoms with Crippen LogP contribution in [0.1, 0.15) is 0 Å². The number of rotatable bonds is 4. The molecule has 4 nitrogen and oxygen atoms in total. The molecule has 0 saturated heterocycles. The zero-order valence-corrected chi connectivity index (χ0v) is 4.35. The lowest BCUT2D eigenvalue weighted by molar-refractivity contribution is 1.30. The molecule has 0 aromatic rings. The summed E-state index contributed by atoms with van der Waals surface area (Å²) >= 11 is 1.09. The Bertz CT molecular complexity index is 58.7. The summed E-state index contributed by atoms with van der Waals surface area (Å²) < 4.78 is 0. The van der Waals surface area contributed by atoms with Crippen LogP contribution in [-0.2, 0) is 0 Å². The third kappa shape index (κ3) is 5.55. The summed E-state index contributed by atoms with van der Waals surface area (Å²) in [4.78, 5) is 18.5. The highest BCUT2D eigenvalue weighted by Crippen LogP contribution is 1.97. The molecule has 0 radical (unpaired) electrons. The maximum Gasteiger partial charge on any atom is 0.128 e. The molecule has 0 aliphatic rings. The van der Waals surface area contributed by atoms with Crippen LogP contribution >= 0.6 is 11.8 Å². The van der Waals surface area contributed by atoms with E-state index in [0.717, 1.165) is 11.8 Å². The highest BCUT2D eigenvalue weighted by Gasteiger charge is 1.80.